The minimum Gasteiger partial charge on any atom is -0.497 e. The second-order valence-corrected chi connectivity index (χ2v) is 5.91. The highest BCUT2D eigenvalue weighted by molar-refractivity contribution is 5.80. The molecule has 1 aliphatic heterocycles. The number of fused-ring (bicyclic) bond motifs is 5. The molecule has 0 atom stereocenters. The topological polar surface area (TPSA) is 31.6 Å². The molecule has 4 heteroatoms. The van der Waals surface area contributed by atoms with Gasteiger partial charge in [-0.3, -0.25) is 0 Å². The zero-order valence-electron chi connectivity index (χ0n) is 14.1. The molecule has 0 N–H and O–H groups in total. The zero-order chi connectivity index (χ0) is 16.7. The van der Waals surface area contributed by atoms with Gasteiger partial charge in [0.2, 0.25) is 11.2 Å². The van der Waals surface area contributed by atoms with Gasteiger partial charge in [0.25, 0.3) is 0 Å². The van der Waals surface area contributed by atoms with E-state index >= 15 is 0 Å². The van der Waals surface area contributed by atoms with E-state index in [0.717, 1.165) is 30.2 Å². The van der Waals surface area contributed by atoms with Crippen molar-refractivity contribution in [2.45, 2.75) is 13.0 Å². The van der Waals surface area contributed by atoms with Crippen molar-refractivity contribution in [2.24, 2.45) is 0 Å². The number of nitrogens with zero attached hydrogens (tertiary/aromatic N) is 1. The lowest BCUT2D eigenvalue weighted by atomic mass is 9.95. The fourth-order valence-corrected chi connectivity index (χ4v) is 3.49. The maximum Gasteiger partial charge on any atom is 0.216 e. The lowest BCUT2D eigenvalue weighted by Gasteiger charge is -2.18. The van der Waals surface area contributed by atoms with Crippen LogP contribution in [0.1, 0.15) is 5.56 Å². The van der Waals surface area contributed by atoms with Gasteiger partial charge in [0, 0.05) is 17.9 Å². The SMILES string of the molecule is COc1ccc2ccc3[n+](c2c1)CCc1cc(OC)c(OC)cc1-3. The number of hydrogen-bond acceptors (Lipinski definition) is 3. The molecule has 0 bridgehead atoms. The Kier molecular flexibility index (Phi) is 3.53. The summed E-state index contributed by atoms with van der Waals surface area (Å²) in [5, 5.41) is 1.21. The number of benzene rings is 2. The zero-order valence-corrected chi connectivity index (χ0v) is 14.1. The van der Waals surface area contributed by atoms with Crippen molar-refractivity contribution in [2.75, 3.05) is 21.3 Å². The predicted molar refractivity (Wildman–Crippen MR) is 92.9 cm³/mol. The van der Waals surface area contributed by atoms with E-state index < -0.39 is 0 Å². The molecular weight excluding hydrogens is 302 g/mol. The summed E-state index contributed by atoms with van der Waals surface area (Å²) in [6.07, 6.45) is 0.962. The number of methoxy groups -OCH3 is 3. The van der Waals surface area contributed by atoms with Crippen molar-refractivity contribution in [3.8, 4) is 28.5 Å². The van der Waals surface area contributed by atoms with Crippen LogP contribution in [0.5, 0.6) is 17.2 Å². The molecule has 122 valence electrons. The van der Waals surface area contributed by atoms with E-state index in [1.807, 2.05) is 6.07 Å². The standard InChI is InChI=1S/C20H20NO3/c1-22-15-6-4-13-5-7-17-16-12-20(24-3)19(23-2)10-14(16)8-9-21(17)18(13)11-15/h4-7,10-12H,8-9H2,1-3H3/q+1. The van der Waals surface area contributed by atoms with Crippen LogP contribution in [-0.2, 0) is 13.0 Å². The highest BCUT2D eigenvalue weighted by Crippen LogP contribution is 2.37. The summed E-state index contributed by atoms with van der Waals surface area (Å²) in [6.45, 7) is 0.933. The van der Waals surface area contributed by atoms with E-state index in [2.05, 4.69) is 41.0 Å². The molecule has 0 saturated carbocycles. The third-order valence-electron chi connectivity index (χ3n) is 4.73. The van der Waals surface area contributed by atoms with Crippen LogP contribution in [0, 0.1) is 0 Å². The lowest BCUT2D eigenvalue weighted by Crippen LogP contribution is -2.41. The minimum absolute atomic E-state index is 0.760. The maximum atomic E-state index is 5.49. The second-order valence-electron chi connectivity index (χ2n) is 5.91. The summed E-state index contributed by atoms with van der Waals surface area (Å²) in [7, 11) is 5.05. The van der Waals surface area contributed by atoms with Crippen LogP contribution in [0.2, 0.25) is 0 Å². The van der Waals surface area contributed by atoms with Crippen LogP contribution in [0.4, 0.5) is 0 Å². The molecular formula is C20H20NO3+. The van der Waals surface area contributed by atoms with Gasteiger partial charge in [-0.1, -0.05) is 0 Å². The van der Waals surface area contributed by atoms with Crippen molar-refractivity contribution in [1.82, 2.24) is 0 Å². The molecule has 2 heterocycles. The fourth-order valence-electron chi connectivity index (χ4n) is 3.49. The van der Waals surface area contributed by atoms with Crippen LogP contribution in [0.3, 0.4) is 0 Å². The van der Waals surface area contributed by atoms with Gasteiger partial charge in [0.05, 0.1) is 33.0 Å². The van der Waals surface area contributed by atoms with Gasteiger partial charge < -0.3 is 14.2 Å². The summed E-state index contributed by atoms with van der Waals surface area (Å²) in [6, 6.07) is 14.7. The normalized spacial score (nSPS) is 12.5. The van der Waals surface area contributed by atoms with Gasteiger partial charge in [-0.05, 0) is 35.9 Å². The van der Waals surface area contributed by atoms with Crippen LogP contribution < -0.4 is 18.8 Å². The Hall–Kier alpha value is -2.75. The molecule has 3 aromatic rings. The summed E-state index contributed by atoms with van der Waals surface area (Å²) in [4.78, 5) is 0. The average Bonchev–Trinajstić information content (AvgIpc) is 2.65. The van der Waals surface area contributed by atoms with Crippen molar-refractivity contribution in [3.63, 3.8) is 0 Å². The molecule has 4 nitrogen and oxygen atoms in total. The van der Waals surface area contributed by atoms with E-state index in [4.69, 9.17) is 14.2 Å². The number of aryl methyl sites for hydroxylation is 2. The van der Waals surface area contributed by atoms with Gasteiger partial charge in [0.1, 0.15) is 5.75 Å². The van der Waals surface area contributed by atoms with Crippen molar-refractivity contribution >= 4 is 10.9 Å². The fraction of sp³-hybridized carbons (Fsp3) is 0.250. The smallest absolute Gasteiger partial charge is 0.216 e. The van der Waals surface area contributed by atoms with Crippen molar-refractivity contribution in [1.29, 1.82) is 0 Å². The Morgan fingerprint density at radius 1 is 0.833 bits per heavy atom. The first-order valence-electron chi connectivity index (χ1n) is 8.01. The molecule has 1 aromatic heterocycles. The highest BCUT2D eigenvalue weighted by Gasteiger charge is 2.27. The number of pyridine rings is 1. The Labute approximate surface area is 141 Å². The molecule has 0 radical (unpaired) electrons. The van der Waals surface area contributed by atoms with Gasteiger partial charge in [-0.25, -0.2) is 0 Å². The predicted octanol–water partition coefficient (Wildman–Crippen LogP) is 3.38. The van der Waals surface area contributed by atoms with E-state index in [1.54, 1.807) is 21.3 Å². The van der Waals surface area contributed by atoms with Gasteiger partial charge in [0.15, 0.2) is 18.0 Å². The monoisotopic (exact) mass is 322 g/mol. The molecule has 4 rings (SSSR count). The summed E-state index contributed by atoms with van der Waals surface area (Å²) in [5.74, 6) is 2.42. The minimum atomic E-state index is 0.760. The largest absolute Gasteiger partial charge is 0.497 e. The van der Waals surface area contributed by atoms with Crippen LogP contribution in [0.25, 0.3) is 22.2 Å². The van der Waals surface area contributed by atoms with Crippen LogP contribution in [-0.4, -0.2) is 21.3 Å². The third kappa shape index (κ3) is 2.18. The molecule has 0 unspecified atom stereocenters. The first-order chi connectivity index (χ1) is 11.7. The number of hydrogen-bond donors (Lipinski definition) is 0. The molecule has 0 aliphatic carbocycles. The number of rotatable bonds is 3. The van der Waals surface area contributed by atoms with Gasteiger partial charge >= 0.3 is 0 Å². The Morgan fingerprint density at radius 2 is 1.58 bits per heavy atom. The summed E-state index contributed by atoms with van der Waals surface area (Å²) in [5.41, 5.74) is 4.86. The number of ether oxygens (including phenoxy) is 3. The molecule has 1 aliphatic rings. The third-order valence-corrected chi connectivity index (χ3v) is 4.73. The summed E-state index contributed by atoms with van der Waals surface area (Å²) >= 11 is 0. The van der Waals surface area contributed by atoms with Crippen molar-refractivity contribution < 1.29 is 18.8 Å². The quantitative estimate of drug-likeness (QED) is 0.693. The molecule has 2 aromatic carbocycles. The van der Waals surface area contributed by atoms with E-state index in [1.165, 1.54) is 27.7 Å². The van der Waals surface area contributed by atoms with E-state index in [-0.39, 0.29) is 0 Å². The highest BCUT2D eigenvalue weighted by atomic mass is 16.5. The molecule has 24 heavy (non-hydrogen) atoms. The first kappa shape index (κ1) is 14.8. The Morgan fingerprint density at radius 3 is 2.33 bits per heavy atom. The van der Waals surface area contributed by atoms with Gasteiger partial charge in [-0.15, -0.1) is 0 Å². The molecule has 0 fully saturated rings. The van der Waals surface area contributed by atoms with E-state index in [9.17, 15) is 0 Å². The van der Waals surface area contributed by atoms with Crippen molar-refractivity contribution in [3.05, 3.63) is 48.0 Å². The second kappa shape index (κ2) is 5.71. The molecule has 0 spiro atoms. The van der Waals surface area contributed by atoms with Crippen LogP contribution >= 0.6 is 0 Å². The molecule has 0 saturated heterocycles. The Balaban J connectivity index is 1.97. The van der Waals surface area contributed by atoms with E-state index in [0.29, 0.717) is 0 Å². The summed E-state index contributed by atoms with van der Waals surface area (Å²) < 4.78 is 18.7. The first-order valence-corrected chi connectivity index (χ1v) is 8.01. The maximum absolute atomic E-state index is 5.49. The van der Waals surface area contributed by atoms with Crippen LogP contribution in [0.15, 0.2) is 42.5 Å². The lowest BCUT2D eigenvalue weighted by molar-refractivity contribution is -0.661. The molecule has 0 amide bonds. The average molecular weight is 322 g/mol. The van der Waals surface area contributed by atoms with Gasteiger partial charge in [-0.2, -0.15) is 4.57 Å². The number of aromatic nitrogens is 1. The Bertz CT molecular complexity index is 934.